The fraction of sp³-hybridized carbons (Fsp3) is 0.533. The molecule has 0 saturated heterocycles. The van der Waals surface area contributed by atoms with Crippen LogP contribution in [0.15, 0.2) is 24.3 Å². The molecule has 0 spiro atoms. The molecule has 1 saturated carbocycles. The van der Waals surface area contributed by atoms with Gasteiger partial charge in [-0.3, -0.25) is 4.79 Å². The number of carbonyl (C=O) groups is 1. The van der Waals surface area contributed by atoms with Crippen molar-refractivity contribution in [2.24, 2.45) is 11.8 Å². The van der Waals surface area contributed by atoms with Crippen molar-refractivity contribution in [1.29, 1.82) is 0 Å². The highest BCUT2D eigenvalue weighted by molar-refractivity contribution is 5.73. The van der Waals surface area contributed by atoms with E-state index in [0.29, 0.717) is 11.8 Å². The Bertz CT molecular complexity index is 394. The molecule has 1 aliphatic rings. The van der Waals surface area contributed by atoms with E-state index < -0.39 is 5.97 Å². The van der Waals surface area contributed by atoms with Crippen molar-refractivity contribution in [3.63, 3.8) is 0 Å². The quantitative estimate of drug-likeness (QED) is 0.844. The molecule has 0 aromatic heterocycles. The Balaban J connectivity index is 1.91. The van der Waals surface area contributed by atoms with Gasteiger partial charge >= 0.3 is 5.97 Å². The van der Waals surface area contributed by atoms with Crippen LogP contribution in [0, 0.1) is 11.8 Å². The van der Waals surface area contributed by atoms with Crippen LogP contribution in [-0.2, 0) is 11.2 Å². The van der Waals surface area contributed by atoms with Crippen LogP contribution in [-0.4, -0.2) is 11.1 Å². The average Bonchev–Trinajstić information content (AvgIpc) is 3.08. The number of carboxylic acid groups (broad SMARTS) is 1. The van der Waals surface area contributed by atoms with Gasteiger partial charge in [-0.1, -0.05) is 38.1 Å². The number of aryl methyl sites for hydroxylation is 1. The largest absolute Gasteiger partial charge is 0.481 e. The Hall–Kier alpha value is -1.31. The van der Waals surface area contributed by atoms with Gasteiger partial charge in [-0.25, -0.2) is 0 Å². The van der Waals surface area contributed by atoms with Gasteiger partial charge in [0.25, 0.3) is 0 Å². The summed E-state index contributed by atoms with van der Waals surface area (Å²) in [6, 6.07) is 8.71. The standard InChI is InChI=1S/C15H20O2/c1-3-11-4-6-12(7-5-11)10(2)8-13-9-14(13)15(16)17/h4-7,10,13-14H,3,8-9H2,1-2H3,(H,16,17). The van der Waals surface area contributed by atoms with Crippen LogP contribution >= 0.6 is 0 Å². The van der Waals surface area contributed by atoms with Crippen molar-refractivity contribution in [3.05, 3.63) is 35.4 Å². The summed E-state index contributed by atoms with van der Waals surface area (Å²) in [6.45, 7) is 4.35. The Labute approximate surface area is 103 Å². The van der Waals surface area contributed by atoms with E-state index in [-0.39, 0.29) is 5.92 Å². The fourth-order valence-corrected chi connectivity index (χ4v) is 2.48. The molecule has 92 valence electrons. The summed E-state index contributed by atoms with van der Waals surface area (Å²) in [7, 11) is 0. The van der Waals surface area contributed by atoms with E-state index >= 15 is 0 Å². The molecule has 0 aliphatic heterocycles. The van der Waals surface area contributed by atoms with E-state index in [1.807, 2.05) is 0 Å². The molecule has 0 bridgehead atoms. The highest BCUT2D eigenvalue weighted by Crippen LogP contribution is 2.45. The van der Waals surface area contributed by atoms with Crippen molar-refractivity contribution < 1.29 is 9.90 Å². The summed E-state index contributed by atoms with van der Waals surface area (Å²) in [5.41, 5.74) is 2.69. The third kappa shape index (κ3) is 2.87. The van der Waals surface area contributed by atoms with Crippen LogP contribution < -0.4 is 0 Å². The van der Waals surface area contributed by atoms with E-state index in [0.717, 1.165) is 19.3 Å². The molecule has 1 aromatic rings. The van der Waals surface area contributed by atoms with Gasteiger partial charge in [0.15, 0.2) is 0 Å². The zero-order valence-corrected chi connectivity index (χ0v) is 10.5. The third-order valence-corrected chi connectivity index (χ3v) is 3.85. The van der Waals surface area contributed by atoms with Crippen molar-refractivity contribution in [2.75, 3.05) is 0 Å². The fourth-order valence-electron chi connectivity index (χ4n) is 2.48. The predicted octanol–water partition coefficient (Wildman–Crippen LogP) is 3.46. The highest BCUT2D eigenvalue weighted by atomic mass is 16.4. The molecular weight excluding hydrogens is 212 g/mol. The van der Waals surface area contributed by atoms with E-state index in [2.05, 4.69) is 38.1 Å². The van der Waals surface area contributed by atoms with Crippen LogP contribution in [0.5, 0.6) is 0 Å². The van der Waals surface area contributed by atoms with Crippen LogP contribution in [0.3, 0.4) is 0 Å². The molecule has 2 heteroatoms. The number of hydrogen-bond acceptors (Lipinski definition) is 1. The second-order valence-corrected chi connectivity index (χ2v) is 5.17. The maximum atomic E-state index is 10.8. The van der Waals surface area contributed by atoms with Gasteiger partial charge in [-0.2, -0.15) is 0 Å². The summed E-state index contributed by atoms with van der Waals surface area (Å²) in [6.07, 6.45) is 2.94. The molecule has 3 atom stereocenters. The van der Waals surface area contributed by atoms with Gasteiger partial charge in [-0.05, 0) is 42.2 Å². The summed E-state index contributed by atoms with van der Waals surface area (Å²) in [5.74, 6) is 0.166. The number of carboxylic acids is 1. The lowest BCUT2D eigenvalue weighted by Gasteiger charge is -2.11. The maximum Gasteiger partial charge on any atom is 0.306 e. The first-order chi connectivity index (χ1) is 8.11. The zero-order valence-electron chi connectivity index (χ0n) is 10.5. The molecule has 2 nitrogen and oxygen atoms in total. The lowest BCUT2D eigenvalue weighted by molar-refractivity contribution is -0.138. The van der Waals surface area contributed by atoms with Gasteiger partial charge in [0.1, 0.15) is 0 Å². The van der Waals surface area contributed by atoms with Crippen LogP contribution in [0.2, 0.25) is 0 Å². The third-order valence-electron chi connectivity index (χ3n) is 3.85. The number of benzene rings is 1. The summed E-state index contributed by atoms with van der Waals surface area (Å²) < 4.78 is 0. The molecule has 17 heavy (non-hydrogen) atoms. The van der Waals surface area contributed by atoms with Crippen molar-refractivity contribution in [2.45, 2.75) is 39.0 Å². The van der Waals surface area contributed by atoms with Gasteiger partial charge in [0, 0.05) is 0 Å². The number of hydrogen-bond donors (Lipinski definition) is 1. The van der Waals surface area contributed by atoms with E-state index in [1.165, 1.54) is 11.1 Å². The molecule has 1 aromatic carbocycles. The molecule has 0 heterocycles. The van der Waals surface area contributed by atoms with Gasteiger partial charge in [-0.15, -0.1) is 0 Å². The highest BCUT2D eigenvalue weighted by Gasteiger charge is 2.43. The number of rotatable bonds is 5. The van der Waals surface area contributed by atoms with Crippen molar-refractivity contribution >= 4 is 5.97 Å². The Kier molecular flexibility index (Phi) is 3.51. The summed E-state index contributed by atoms with van der Waals surface area (Å²) in [5, 5.41) is 8.88. The van der Waals surface area contributed by atoms with Crippen LogP contribution in [0.1, 0.15) is 43.7 Å². The molecular formula is C15H20O2. The second-order valence-electron chi connectivity index (χ2n) is 5.17. The normalized spacial score (nSPS) is 24.4. The average molecular weight is 232 g/mol. The molecule has 2 rings (SSSR count). The topological polar surface area (TPSA) is 37.3 Å². The predicted molar refractivity (Wildman–Crippen MR) is 68.1 cm³/mol. The van der Waals surface area contributed by atoms with Crippen molar-refractivity contribution in [3.8, 4) is 0 Å². The molecule has 0 amide bonds. The maximum absolute atomic E-state index is 10.8. The second kappa shape index (κ2) is 4.91. The van der Waals surface area contributed by atoms with Crippen LogP contribution in [0.25, 0.3) is 0 Å². The van der Waals surface area contributed by atoms with Gasteiger partial charge in [0.2, 0.25) is 0 Å². The Morgan fingerprint density at radius 2 is 2.06 bits per heavy atom. The van der Waals surface area contributed by atoms with E-state index in [1.54, 1.807) is 0 Å². The SMILES string of the molecule is CCc1ccc(C(C)CC2CC2C(=O)O)cc1. The summed E-state index contributed by atoms with van der Waals surface area (Å²) in [4.78, 5) is 10.8. The smallest absolute Gasteiger partial charge is 0.306 e. The lowest BCUT2D eigenvalue weighted by atomic mass is 9.94. The number of aliphatic carboxylic acids is 1. The Morgan fingerprint density at radius 3 is 2.53 bits per heavy atom. The van der Waals surface area contributed by atoms with E-state index in [9.17, 15) is 4.79 Å². The van der Waals surface area contributed by atoms with Gasteiger partial charge in [0.05, 0.1) is 5.92 Å². The minimum atomic E-state index is -0.622. The molecule has 0 radical (unpaired) electrons. The summed E-state index contributed by atoms with van der Waals surface area (Å²) >= 11 is 0. The van der Waals surface area contributed by atoms with E-state index in [4.69, 9.17) is 5.11 Å². The molecule has 1 N–H and O–H groups in total. The minimum absolute atomic E-state index is 0.0765. The zero-order chi connectivity index (χ0) is 12.4. The first kappa shape index (κ1) is 12.2. The first-order valence-electron chi connectivity index (χ1n) is 6.43. The molecule has 3 unspecified atom stereocenters. The molecule has 1 aliphatic carbocycles. The van der Waals surface area contributed by atoms with Crippen molar-refractivity contribution in [1.82, 2.24) is 0 Å². The molecule has 1 fully saturated rings. The van der Waals surface area contributed by atoms with Crippen LogP contribution in [0.4, 0.5) is 0 Å². The first-order valence-corrected chi connectivity index (χ1v) is 6.43. The Morgan fingerprint density at radius 1 is 1.41 bits per heavy atom. The minimum Gasteiger partial charge on any atom is -0.481 e. The lowest BCUT2D eigenvalue weighted by Crippen LogP contribution is -2.02. The van der Waals surface area contributed by atoms with Gasteiger partial charge < -0.3 is 5.11 Å². The monoisotopic (exact) mass is 232 g/mol.